The van der Waals surface area contributed by atoms with Gasteiger partial charge in [-0.25, -0.2) is 4.79 Å². The highest BCUT2D eigenvalue weighted by molar-refractivity contribution is 5.75. The molecule has 0 bridgehead atoms. The van der Waals surface area contributed by atoms with Gasteiger partial charge in [0.25, 0.3) is 0 Å². The molecule has 0 spiro atoms. The molecule has 1 atom stereocenters. The fourth-order valence-corrected chi connectivity index (χ4v) is 4.97. The van der Waals surface area contributed by atoms with Gasteiger partial charge in [-0.15, -0.1) is 0 Å². The third-order valence-corrected chi connectivity index (χ3v) is 6.56. The summed E-state index contributed by atoms with van der Waals surface area (Å²) in [5, 5.41) is 3.35. The zero-order chi connectivity index (χ0) is 16.9. The van der Waals surface area contributed by atoms with Crippen LogP contribution in [0.5, 0.6) is 0 Å². The molecule has 3 fully saturated rings. The van der Waals surface area contributed by atoms with Gasteiger partial charge >= 0.3 is 6.03 Å². The molecule has 2 amide bonds. The SMILES string of the molecule is CC(C)N1CCC(NC(=O)N2CCCC2CC2CCCCC2)CC1. The van der Waals surface area contributed by atoms with E-state index in [2.05, 4.69) is 29.0 Å². The van der Waals surface area contributed by atoms with Crippen LogP contribution in [0, 0.1) is 5.92 Å². The second-order valence-electron chi connectivity index (χ2n) is 8.58. The van der Waals surface area contributed by atoms with Crippen molar-refractivity contribution in [2.75, 3.05) is 19.6 Å². The van der Waals surface area contributed by atoms with Gasteiger partial charge in [0.1, 0.15) is 0 Å². The molecule has 1 N–H and O–H groups in total. The lowest BCUT2D eigenvalue weighted by Gasteiger charge is -2.36. The van der Waals surface area contributed by atoms with Crippen molar-refractivity contribution in [2.24, 2.45) is 5.92 Å². The summed E-state index contributed by atoms with van der Waals surface area (Å²) in [4.78, 5) is 17.5. The third-order valence-electron chi connectivity index (χ3n) is 6.56. The number of rotatable bonds is 4. The minimum Gasteiger partial charge on any atom is -0.335 e. The van der Waals surface area contributed by atoms with Gasteiger partial charge in [0.2, 0.25) is 0 Å². The first-order valence-electron chi connectivity index (χ1n) is 10.4. The molecule has 1 aliphatic carbocycles. The van der Waals surface area contributed by atoms with Crippen LogP contribution in [0.25, 0.3) is 0 Å². The van der Waals surface area contributed by atoms with E-state index >= 15 is 0 Å². The van der Waals surface area contributed by atoms with Crippen LogP contribution in [-0.2, 0) is 0 Å². The topological polar surface area (TPSA) is 35.6 Å². The lowest BCUT2D eigenvalue weighted by atomic mass is 9.84. The Bertz CT molecular complexity index is 398. The molecule has 0 aromatic heterocycles. The van der Waals surface area contributed by atoms with Gasteiger partial charge in [-0.1, -0.05) is 32.1 Å². The molecule has 3 rings (SSSR count). The van der Waals surface area contributed by atoms with Gasteiger partial charge in [0.15, 0.2) is 0 Å². The van der Waals surface area contributed by atoms with Crippen molar-refractivity contribution in [3.8, 4) is 0 Å². The maximum Gasteiger partial charge on any atom is 0.317 e. The van der Waals surface area contributed by atoms with Gasteiger partial charge in [-0.2, -0.15) is 0 Å². The molecular weight excluding hydrogens is 298 g/mol. The molecule has 1 saturated carbocycles. The number of amides is 2. The van der Waals surface area contributed by atoms with Crippen LogP contribution in [-0.4, -0.2) is 53.6 Å². The largest absolute Gasteiger partial charge is 0.335 e. The second-order valence-corrected chi connectivity index (χ2v) is 8.58. The zero-order valence-electron chi connectivity index (χ0n) is 15.8. The normalized spacial score (nSPS) is 27.8. The van der Waals surface area contributed by atoms with Crippen LogP contribution in [0.2, 0.25) is 0 Å². The Balaban J connectivity index is 1.45. The molecule has 0 radical (unpaired) electrons. The zero-order valence-corrected chi connectivity index (χ0v) is 15.8. The van der Waals surface area contributed by atoms with Crippen molar-refractivity contribution in [3.63, 3.8) is 0 Å². The summed E-state index contributed by atoms with van der Waals surface area (Å²) in [7, 11) is 0. The van der Waals surface area contributed by atoms with E-state index in [0.717, 1.165) is 38.4 Å². The predicted molar refractivity (Wildman–Crippen MR) is 99.2 cm³/mol. The molecule has 2 saturated heterocycles. The first-order chi connectivity index (χ1) is 11.6. The Morgan fingerprint density at radius 3 is 2.33 bits per heavy atom. The highest BCUT2D eigenvalue weighted by atomic mass is 16.2. The monoisotopic (exact) mass is 335 g/mol. The molecule has 138 valence electrons. The average molecular weight is 336 g/mol. The number of hydrogen-bond acceptors (Lipinski definition) is 2. The Kier molecular flexibility index (Phi) is 6.43. The molecule has 4 heteroatoms. The van der Waals surface area contributed by atoms with Crippen LogP contribution >= 0.6 is 0 Å². The molecule has 4 nitrogen and oxygen atoms in total. The molecule has 2 heterocycles. The van der Waals surface area contributed by atoms with E-state index in [-0.39, 0.29) is 6.03 Å². The number of piperidine rings is 1. The molecular formula is C20H37N3O. The number of hydrogen-bond donors (Lipinski definition) is 1. The quantitative estimate of drug-likeness (QED) is 0.843. The number of urea groups is 1. The van der Waals surface area contributed by atoms with Crippen molar-refractivity contribution in [1.82, 2.24) is 15.1 Å². The van der Waals surface area contributed by atoms with E-state index in [1.54, 1.807) is 0 Å². The summed E-state index contributed by atoms with van der Waals surface area (Å²) in [6.07, 6.45) is 12.9. The predicted octanol–water partition coefficient (Wildman–Crippen LogP) is 4.00. The summed E-state index contributed by atoms with van der Waals surface area (Å²) in [5.74, 6) is 0.867. The van der Waals surface area contributed by atoms with E-state index < -0.39 is 0 Å². The van der Waals surface area contributed by atoms with Gasteiger partial charge in [0, 0.05) is 37.8 Å². The van der Waals surface area contributed by atoms with Crippen LogP contribution in [0.3, 0.4) is 0 Å². The van der Waals surface area contributed by atoms with Crippen molar-refractivity contribution < 1.29 is 4.79 Å². The molecule has 0 aromatic rings. The highest BCUT2D eigenvalue weighted by Gasteiger charge is 2.32. The van der Waals surface area contributed by atoms with Gasteiger partial charge < -0.3 is 15.1 Å². The van der Waals surface area contributed by atoms with Crippen LogP contribution < -0.4 is 5.32 Å². The van der Waals surface area contributed by atoms with E-state index in [1.165, 1.54) is 51.4 Å². The van der Waals surface area contributed by atoms with Crippen LogP contribution in [0.4, 0.5) is 4.79 Å². The van der Waals surface area contributed by atoms with E-state index in [9.17, 15) is 4.79 Å². The van der Waals surface area contributed by atoms with E-state index in [1.807, 2.05) is 0 Å². The van der Waals surface area contributed by atoms with Crippen molar-refractivity contribution >= 4 is 6.03 Å². The van der Waals surface area contributed by atoms with Crippen LogP contribution in [0.15, 0.2) is 0 Å². The molecule has 3 aliphatic rings. The molecule has 24 heavy (non-hydrogen) atoms. The highest BCUT2D eigenvalue weighted by Crippen LogP contribution is 2.32. The first-order valence-corrected chi connectivity index (χ1v) is 10.4. The number of nitrogens with one attached hydrogen (secondary N) is 1. The Hall–Kier alpha value is -0.770. The second kappa shape index (κ2) is 8.55. The lowest BCUT2D eigenvalue weighted by molar-refractivity contribution is 0.146. The fourth-order valence-electron chi connectivity index (χ4n) is 4.97. The summed E-state index contributed by atoms with van der Waals surface area (Å²) in [6, 6.07) is 1.73. The Morgan fingerprint density at radius 1 is 0.958 bits per heavy atom. The number of nitrogens with zero attached hydrogens (tertiary/aromatic N) is 2. The average Bonchev–Trinajstić information content (AvgIpc) is 3.04. The molecule has 0 aromatic carbocycles. The lowest BCUT2D eigenvalue weighted by Crippen LogP contribution is -2.51. The van der Waals surface area contributed by atoms with Crippen LogP contribution in [0.1, 0.15) is 78.1 Å². The van der Waals surface area contributed by atoms with Gasteiger partial charge in [0.05, 0.1) is 0 Å². The van der Waals surface area contributed by atoms with E-state index in [0.29, 0.717) is 18.1 Å². The molecule has 2 aliphatic heterocycles. The summed E-state index contributed by atoms with van der Waals surface area (Å²) in [5.41, 5.74) is 0. The number of carbonyl (C=O) groups excluding carboxylic acids is 1. The fraction of sp³-hybridized carbons (Fsp3) is 0.950. The van der Waals surface area contributed by atoms with Crippen molar-refractivity contribution in [3.05, 3.63) is 0 Å². The third kappa shape index (κ3) is 4.65. The minimum atomic E-state index is 0.219. The summed E-state index contributed by atoms with van der Waals surface area (Å²) in [6.45, 7) is 7.73. The standard InChI is InChI=1S/C20H37N3O/c1-16(2)22-13-10-18(11-14-22)21-20(24)23-12-6-9-19(23)15-17-7-4-3-5-8-17/h16-19H,3-15H2,1-2H3,(H,21,24). The van der Waals surface area contributed by atoms with E-state index in [4.69, 9.17) is 0 Å². The maximum atomic E-state index is 12.8. The number of likely N-dealkylation sites (tertiary alicyclic amines) is 2. The Labute approximate surface area is 148 Å². The van der Waals surface area contributed by atoms with Crippen molar-refractivity contribution in [2.45, 2.75) is 96.2 Å². The molecule has 1 unspecified atom stereocenters. The number of carbonyl (C=O) groups is 1. The van der Waals surface area contributed by atoms with Gasteiger partial charge in [-0.05, 0) is 51.9 Å². The first kappa shape index (κ1) is 18.0. The summed E-state index contributed by atoms with van der Waals surface area (Å²) >= 11 is 0. The smallest absolute Gasteiger partial charge is 0.317 e. The van der Waals surface area contributed by atoms with Gasteiger partial charge in [-0.3, -0.25) is 0 Å². The Morgan fingerprint density at radius 2 is 1.67 bits per heavy atom. The minimum absolute atomic E-state index is 0.219. The maximum absolute atomic E-state index is 12.8. The summed E-state index contributed by atoms with van der Waals surface area (Å²) < 4.78 is 0. The van der Waals surface area contributed by atoms with Crippen molar-refractivity contribution in [1.29, 1.82) is 0 Å².